The van der Waals surface area contributed by atoms with E-state index in [-0.39, 0.29) is 5.91 Å². The highest BCUT2D eigenvalue weighted by atomic mass is 16.2. The number of pyridine rings is 1. The van der Waals surface area contributed by atoms with E-state index in [0.29, 0.717) is 5.56 Å². The summed E-state index contributed by atoms with van der Waals surface area (Å²) in [5, 5.41) is 1.05. The summed E-state index contributed by atoms with van der Waals surface area (Å²) in [6, 6.07) is 3.48. The molecule has 0 saturated heterocycles. The second kappa shape index (κ2) is 2.42. The van der Waals surface area contributed by atoms with Crippen LogP contribution in [-0.4, -0.2) is 15.9 Å². The Morgan fingerprint density at radius 3 is 2.92 bits per heavy atom. The Morgan fingerprint density at radius 2 is 2.25 bits per heavy atom. The van der Waals surface area contributed by atoms with E-state index in [4.69, 9.17) is 5.84 Å². The molecule has 60 valence electrons. The summed E-state index contributed by atoms with van der Waals surface area (Å²) in [6.45, 7) is 0. The molecule has 0 spiro atoms. The van der Waals surface area contributed by atoms with Crippen LogP contribution in [0.4, 0.5) is 0 Å². The van der Waals surface area contributed by atoms with Gasteiger partial charge in [-0.25, -0.2) is 5.84 Å². The average Bonchev–Trinajstić information content (AvgIpc) is 2.12. The number of nitrogens with two attached hydrogens (primary N) is 1. The van der Waals surface area contributed by atoms with Crippen LogP contribution in [0.3, 0.4) is 0 Å². The van der Waals surface area contributed by atoms with Crippen LogP contribution in [0.2, 0.25) is 0 Å². The number of carbonyl (C=O) groups excluding carboxylic acids is 1. The molecule has 0 saturated carbocycles. The highest BCUT2D eigenvalue weighted by molar-refractivity contribution is 5.95. The van der Waals surface area contributed by atoms with Crippen molar-refractivity contribution in [3.63, 3.8) is 0 Å². The predicted octanol–water partition coefficient (Wildman–Crippen LogP) is 0.382. The van der Waals surface area contributed by atoms with Gasteiger partial charge in [0.05, 0.1) is 11.3 Å². The molecule has 0 atom stereocenters. The minimum atomic E-state index is -0.245. The van der Waals surface area contributed by atoms with E-state index in [9.17, 15) is 4.79 Å². The lowest BCUT2D eigenvalue weighted by Gasteiger charge is -2.13. The fourth-order valence-electron chi connectivity index (χ4n) is 1.00. The van der Waals surface area contributed by atoms with Gasteiger partial charge in [-0.15, -0.1) is 0 Å². The van der Waals surface area contributed by atoms with Gasteiger partial charge in [-0.05, 0) is 18.2 Å². The highest BCUT2D eigenvalue weighted by Crippen LogP contribution is 2.08. The van der Waals surface area contributed by atoms with Gasteiger partial charge in [0.25, 0.3) is 5.91 Å². The summed E-state index contributed by atoms with van der Waals surface area (Å²) in [5.41, 5.74) is 1.30. The van der Waals surface area contributed by atoms with Gasteiger partial charge in [0.1, 0.15) is 0 Å². The summed E-state index contributed by atoms with van der Waals surface area (Å²) < 4.78 is 0. The van der Waals surface area contributed by atoms with Gasteiger partial charge in [-0.3, -0.25) is 14.8 Å². The number of amides is 1. The van der Waals surface area contributed by atoms with Crippen molar-refractivity contribution < 1.29 is 4.79 Å². The molecule has 2 aliphatic rings. The summed E-state index contributed by atoms with van der Waals surface area (Å²) in [4.78, 5) is 15.3. The number of fused-ring (bicyclic) bond motifs is 4. The lowest BCUT2D eigenvalue weighted by molar-refractivity contribution is 0.0822. The summed E-state index contributed by atoms with van der Waals surface area (Å²) in [7, 11) is 0. The third-order valence-electron chi connectivity index (χ3n) is 1.67. The summed E-state index contributed by atoms with van der Waals surface area (Å²) >= 11 is 0. The van der Waals surface area contributed by atoms with Crippen molar-refractivity contribution in [3.8, 4) is 0 Å². The minimum absolute atomic E-state index is 0.245. The number of aromatic nitrogens is 1. The summed E-state index contributed by atoms with van der Waals surface area (Å²) in [6.07, 6.45) is 4.69. The molecule has 3 heterocycles. The first-order chi connectivity index (χ1) is 5.77. The van der Waals surface area contributed by atoms with Crippen LogP contribution in [0.15, 0.2) is 24.5 Å². The molecule has 0 unspecified atom stereocenters. The van der Waals surface area contributed by atoms with Crippen LogP contribution in [0.1, 0.15) is 16.1 Å². The van der Waals surface area contributed by atoms with Crippen LogP contribution in [0.5, 0.6) is 0 Å². The molecule has 2 N–H and O–H groups in total. The van der Waals surface area contributed by atoms with Crippen molar-refractivity contribution in [2.75, 3.05) is 0 Å². The zero-order valence-electron chi connectivity index (χ0n) is 6.27. The molecule has 4 heteroatoms. The molecule has 3 rings (SSSR count). The molecule has 2 aliphatic heterocycles. The molecule has 2 bridgehead atoms. The molecular weight excluding hydrogens is 154 g/mol. The molecule has 1 aromatic rings. The maximum atomic E-state index is 11.3. The van der Waals surface area contributed by atoms with Gasteiger partial charge in [0, 0.05) is 12.4 Å². The molecule has 0 aromatic carbocycles. The number of hydrazine groups is 1. The molecule has 1 amide bonds. The lowest BCUT2D eigenvalue weighted by Crippen LogP contribution is -2.32. The van der Waals surface area contributed by atoms with Crippen LogP contribution >= 0.6 is 0 Å². The molecule has 4 nitrogen and oxygen atoms in total. The van der Waals surface area contributed by atoms with Crippen molar-refractivity contribution in [3.05, 3.63) is 35.8 Å². The van der Waals surface area contributed by atoms with Gasteiger partial charge in [0.2, 0.25) is 0 Å². The number of hydrogen-bond acceptors (Lipinski definition) is 3. The lowest BCUT2D eigenvalue weighted by atomic mass is 10.2. The van der Waals surface area contributed by atoms with E-state index in [1.165, 1.54) is 12.4 Å². The monoisotopic (exact) mass is 161 g/mol. The van der Waals surface area contributed by atoms with Gasteiger partial charge in [-0.2, -0.15) is 0 Å². The van der Waals surface area contributed by atoms with Gasteiger partial charge >= 0.3 is 0 Å². The molecular formula is C8H7N3O. The van der Waals surface area contributed by atoms with Crippen molar-refractivity contribution in [1.29, 1.82) is 0 Å². The highest BCUT2D eigenvalue weighted by Gasteiger charge is 2.12. The zero-order valence-corrected chi connectivity index (χ0v) is 6.27. The maximum absolute atomic E-state index is 11.3. The predicted molar refractivity (Wildman–Crippen MR) is 43.6 cm³/mol. The summed E-state index contributed by atoms with van der Waals surface area (Å²) in [5.74, 6) is 5.16. The third kappa shape index (κ3) is 0.981. The number of hydrogen-bond donors (Lipinski definition) is 1. The van der Waals surface area contributed by atoms with Crippen molar-refractivity contribution >= 4 is 12.0 Å². The molecule has 0 aliphatic carbocycles. The Hall–Kier alpha value is -1.68. The molecule has 0 fully saturated rings. The van der Waals surface area contributed by atoms with Gasteiger partial charge < -0.3 is 0 Å². The van der Waals surface area contributed by atoms with Crippen LogP contribution in [0.25, 0.3) is 6.08 Å². The Morgan fingerprint density at radius 1 is 1.42 bits per heavy atom. The van der Waals surface area contributed by atoms with Crippen molar-refractivity contribution in [2.24, 2.45) is 5.84 Å². The quantitative estimate of drug-likeness (QED) is 0.442. The average molecular weight is 161 g/mol. The van der Waals surface area contributed by atoms with Gasteiger partial charge in [-0.1, -0.05) is 0 Å². The van der Waals surface area contributed by atoms with Crippen molar-refractivity contribution in [1.82, 2.24) is 9.99 Å². The normalized spacial score (nSPS) is 17.4. The molecule has 0 radical (unpaired) electrons. The van der Waals surface area contributed by atoms with E-state index in [2.05, 4.69) is 4.98 Å². The van der Waals surface area contributed by atoms with E-state index in [1.54, 1.807) is 18.2 Å². The third-order valence-corrected chi connectivity index (χ3v) is 1.67. The topological polar surface area (TPSA) is 59.2 Å². The largest absolute Gasteiger partial charge is 0.273 e. The Bertz CT molecular complexity index is 342. The standard InChI is InChI=1S/C8H7N3O/c9-11-4-3-7-2-1-6(5-10-7)8(11)12/h1-5H,9H2/b4-3-. The first-order valence-corrected chi connectivity index (χ1v) is 3.50. The first kappa shape index (κ1) is 7.00. The Balaban J connectivity index is 2.59. The number of rotatable bonds is 0. The van der Waals surface area contributed by atoms with Crippen LogP contribution in [-0.2, 0) is 0 Å². The van der Waals surface area contributed by atoms with E-state index in [0.717, 1.165) is 10.7 Å². The number of nitrogens with zero attached hydrogens (tertiary/aromatic N) is 2. The molecule has 1 aromatic heterocycles. The fourth-order valence-corrected chi connectivity index (χ4v) is 1.00. The second-order valence-corrected chi connectivity index (χ2v) is 2.50. The first-order valence-electron chi connectivity index (χ1n) is 3.50. The van der Waals surface area contributed by atoms with E-state index >= 15 is 0 Å². The van der Waals surface area contributed by atoms with E-state index < -0.39 is 0 Å². The SMILES string of the molecule is NN1/C=C\c2ccc(cn2)C1=O. The second-order valence-electron chi connectivity index (χ2n) is 2.50. The smallest absolute Gasteiger partial charge is 0.267 e. The minimum Gasteiger partial charge on any atom is -0.267 e. The molecule has 12 heavy (non-hydrogen) atoms. The zero-order chi connectivity index (χ0) is 8.55. The maximum Gasteiger partial charge on any atom is 0.273 e. The number of carbonyl (C=O) groups is 1. The fraction of sp³-hybridized carbons (Fsp3) is 0. The van der Waals surface area contributed by atoms with Crippen LogP contribution < -0.4 is 5.84 Å². The van der Waals surface area contributed by atoms with Crippen LogP contribution in [0, 0.1) is 0 Å². The Kier molecular flexibility index (Phi) is 1.41. The van der Waals surface area contributed by atoms with Gasteiger partial charge in [0.15, 0.2) is 0 Å². The van der Waals surface area contributed by atoms with E-state index in [1.807, 2.05) is 0 Å². The Labute approximate surface area is 69.3 Å². The van der Waals surface area contributed by atoms with Crippen molar-refractivity contribution in [2.45, 2.75) is 0 Å².